The van der Waals surface area contributed by atoms with E-state index in [0.29, 0.717) is 25.5 Å². The quantitative estimate of drug-likeness (QED) is 0.296. The second-order valence-corrected chi connectivity index (χ2v) is 8.85. The van der Waals surface area contributed by atoms with Crippen molar-refractivity contribution in [2.24, 2.45) is 10.9 Å². The van der Waals surface area contributed by atoms with E-state index in [-0.39, 0.29) is 47.0 Å². The predicted molar refractivity (Wildman–Crippen MR) is 139 cm³/mol. The number of halogens is 2. The lowest BCUT2D eigenvalue weighted by molar-refractivity contribution is -0.127. The zero-order valence-electron chi connectivity index (χ0n) is 19.1. The summed E-state index contributed by atoms with van der Waals surface area (Å²) in [6.45, 7) is 6.97. The standard InChI is InChI=1S/C25H33FN4O.HI/c1-25(2,21-10-7-11-22(26)15-21)18-29-24(27-3)28-16-20-14-23(31)30(17-20)13-12-19-8-5-4-6-9-19;/h4-11,15,20H,12-14,16-18H2,1-3H3,(H2,27,28,29);1H. The number of aliphatic imine (C=N–C) groups is 1. The Morgan fingerprint density at radius 2 is 1.91 bits per heavy atom. The molecule has 32 heavy (non-hydrogen) atoms. The SMILES string of the molecule is CN=C(NCC1CC(=O)N(CCc2ccccc2)C1)NCC(C)(C)c1cccc(F)c1.I. The molecule has 1 amide bonds. The number of likely N-dealkylation sites (tertiary alicyclic amines) is 1. The molecule has 0 spiro atoms. The molecule has 1 aliphatic heterocycles. The normalized spacial score (nSPS) is 16.6. The van der Waals surface area contributed by atoms with Crippen LogP contribution in [0.5, 0.6) is 0 Å². The van der Waals surface area contributed by atoms with Crippen molar-refractivity contribution in [3.8, 4) is 0 Å². The van der Waals surface area contributed by atoms with Gasteiger partial charge in [0.1, 0.15) is 5.82 Å². The highest BCUT2D eigenvalue weighted by Crippen LogP contribution is 2.23. The third-order valence-electron chi connectivity index (χ3n) is 5.89. The fourth-order valence-corrected chi connectivity index (χ4v) is 3.89. The number of carbonyl (C=O) groups is 1. The van der Waals surface area contributed by atoms with Crippen molar-refractivity contribution in [3.05, 3.63) is 71.5 Å². The van der Waals surface area contributed by atoms with Crippen LogP contribution in [-0.2, 0) is 16.6 Å². The smallest absolute Gasteiger partial charge is 0.223 e. The first-order valence-corrected chi connectivity index (χ1v) is 10.9. The van der Waals surface area contributed by atoms with E-state index in [4.69, 9.17) is 0 Å². The summed E-state index contributed by atoms with van der Waals surface area (Å²) in [5.41, 5.74) is 1.94. The van der Waals surface area contributed by atoms with Crippen LogP contribution in [-0.4, -0.2) is 50.0 Å². The summed E-state index contributed by atoms with van der Waals surface area (Å²) < 4.78 is 13.6. The molecule has 1 unspecified atom stereocenters. The second-order valence-electron chi connectivity index (χ2n) is 8.85. The predicted octanol–water partition coefficient (Wildman–Crippen LogP) is 3.98. The van der Waals surface area contributed by atoms with E-state index in [1.807, 2.05) is 29.2 Å². The van der Waals surface area contributed by atoms with Crippen molar-refractivity contribution < 1.29 is 9.18 Å². The minimum Gasteiger partial charge on any atom is -0.356 e. The molecule has 1 fully saturated rings. The molecular formula is C25H34FIN4O. The van der Waals surface area contributed by atoms with Crippen LogP contribution >= 0.6 is 24.0 Å². The zero-order valence-corrected chi connectivity index (χ0v) is 21.4. The minimum absolute atomic E-state index is 0. The van der Waals surface area contributed by atoms with Gasteiger partial charge in [-0.05, 0) is 29.7 Å². The van der Waals surface area contributed by atoms with Crippen LogP contribution in [0, 0.1) is 11.7 Å². The molecule has 0 aromatic heterocycles. The maximum absolute atomic E-state index is 13.6. The van der Waals surface area contributed by atoms with Gasteiger partial charge in [-0.3, -0.25) is 9.79 Å². The van der Waals surface area contributed by atoms with Crippen molar-refractivity contribution in [1.82, 2.24) is 15.5 Å². The molecule has 1 saturated heterocycles. The fourth-order valence-electron chi connectivity index (χ4n) is 3.89. The van der Waals surface area contributed by atoms with Crippen molar-refractivity contribution >= 4 is 35.8 Å². The topological polar surface area (TPSA) is 56.7 Å². The first-order valence-electron chi connectivity index (χ1n) is 10.9. The Labute approximate surface area is 207 Å². The number of hydrogen-bond acceptors (Lipinski definition) is 2. The minimum atomic E-state index is -0.253. The van der Waals surface area contributed by atoms with Crippen molar-refractivity contribution in [1.29, 1.82) is 0 Å². The second kappa shape index (κ2) is 12.2. The summed E-state index contributed by atoms with van der Waals surface area (Å²) in [5, 5.41) is 6.69. The summed E-state index contributed by atoms with van der Waals surface area (Å²) in [7, 11) is 1.73. The van der Waals surface area contributed by atoms with Gasteiger partial charge in [0.2, 0.25) is 5.91 Å². The van der Waals surface area contributed by atoms with Gasteiger partial charge < -0.3 is 15.5 Å². The zero-order chi connectivity index (χ0) is 22.3. The number of hydrogen-bond donors (Lipinski definition) is 2. The first kappa shape index (κ1) is 26.1. The highest BCUT2D eigenvalue weighted by molar-refractivity contribution is 14.0. The molecule has 1 atom stereocenters. The first-order chi connectivity index (χ1) is 14.9. The molecule has 2 aromatic rings. The van der Waals surface area contributed by atoms with Crippen molar-refractivity contribution in [3.63, 3.8) is 0 Å². The van der Waals surface area contributed by atoms with E-state index in [2.05, 4.69) is 41.6 Å². The lowest BCUT2D eigenvalue weighted by Crippen LogP contribution is -2.45. The summed E-state index contributed by atoms with van der Waals surface area (Å²) in [6, 6.07) is 17.0. The number of benzene rings is 2. The fraction of sp³-hybridized carbons (Fsp3) is 0.440. The van der Waals surface area contributed by atoms with Crippen LogP contribution in [0.3, 0.4) is 0 Å². The number of amides is 1. The number of nitrogens with one attached hydrogen (secondary N) is 2. The molecule has 0 saturated carbocycles. The molecule has 1 aliphatic rings. The Bertz CT molecular complexity index is 904. The Kier molecular flexibility index (Phi) is 9.93. The van der Waals surface area contributed by atoms with Gasteiger partial charge >= 0.3 is 0 Å². The molecule has 1 heterocycles. The van der Waals surface area contributed by atoms with Crippen molar-refractivity contribution in [2.45, 2.75) is 32.1 Å². The van der Waals surface area contributed by atoms with Crippen LogP contribution < -0.4 is 10.6 Å². The number of guanidine groups is 1. The van der Waals surface area contributed by atoms with Gasteiger partial charge in [0, 0.05) is 51.0 Å². The molecule has 0 bridgehead atoms. The van der Waals surface area contributed by atoms with Crippen LogP contribution in [0.15, 0.2) is 59.6 Å². The highest BCUT2D eigenvalue weighted by Gasteiger charge is 2.29. The van der Waals surface area contributed by atoms with E-state index in [1.165, 1.54) is 11.6 Å². The van der Waals surface area contributed by atoms with E-state index >= 15 is 0 Å². The third kappa shape index (κ3) is 7.46. The molecule has 0 radical (unpaired) electrons. The molecule has 0 aliphatic carbocycles. The Balaban J connectivity index is 0.00000363. The average molecular weight is 552 g/mol. The van der Waals surface area contributed by atoms with Crippen LogP contribution in [0.1, 0.15) is 31.4 Å². The maximum atomic E-state index is 13.6. The molecule has 2 N–H and O–H groups in total. The molecule has 5 nitrogen and oxygen atoms in total. The van der Waals surface area contributed by atoms with Gasteiger partial charge in [-0.1, -0.05) is 56.3 Å². The number of carbonyl (C=O) groups excluding carboxylic acids is 1. The Morgan fingerprint density at radius 1 is 1.16 bits per heavy atom. The summed E-state index contributed by atoms with van der Waals surface area (Å²) >= 11 is 0. The van der Waals surface area contributed by atoms with Gasteiger partial charge in [-0.2, -0.15) is 0 Å². The molecular weight excluding hydrogens is 518 g/mol. The monoisotopic (exact) mass is 552 g/mol. The van der Waals surface area contributed by atoms with Crippen LogP contribution in [0.2, 0.25) is 0 Å². The van der Waals surface area contributed by atoms with Crippen LogP contribution in [0.25, 0.3) is 0 Å². The van der Waals surface area contributed by atoms with E-state index in [1.54, 1.807) is 19.2 Å². The summed E-state index contributed by atoms with van der Waals surface area (Å²) in [5.74, 6) is 0.950. The average Bonchev–Trinajstić information content (AvgIpc) is 3.12. The lowest BCUT2D eigenvalue weighted by atomic mass is 9.84. The van der Waals surface area contributed by atoms with E-state index < -0.39 is 0 Å². The van der Waals surface area contributed by atoms with Gasteiger partial charge in [0.15, 0.2) is 5.96 Å². The Morgan fingerprint density at radius 3 is 2.59 bits per heavy atom. The third-order valence-corrected chi connectivity index (χ3v) is 5.89. The lowest BCUT2D eigenvalue weighted by Gasteiger charge is -2.27. The molecule has 3 rings (SSSR count). The maximum Gasteiger partial charge on any atom is 0.223 e. The van der Waals surface area contributed by atoms with Gasteiger partial charge in [0.25, 0.3) is 0 Å². The molecule has 2 aromatic carbocycles. The van der Waals surface area contributed by atoms with Crippen LogP contribution in [0.4, 0.5) is 4.39 Å². The van der Waals surface area contributed by atoms with E-state index in [9.17, 15) is 9.18 Å². The van der Waals surface area contributed by atoms with E-state index in [0.717, 1.165) is 25.1 Å². The summed E-state index contributed by atoms with van der Waals surface area (Å²) in [6.07, 6.45) is 1.44. The number of rotatable bonds is 8. The molecule has 174 valence electrons. The Hall–Kier alpha value is -2.16. The van der Waals surface area contributed by atoms with Crippen molar-refractivity contribution in [2.75, 3.05) is 33.2 Å². The van der Waals surface area contributed by atoms with Gasteiger partial charge in [0.05, 0.1) is 0 Å². The summed E-state index contributed by atoms with van der Waals surface area (Å²) in [4.78, 5) is 18.6. The van der Waals surface area contributed by atoms with Gasteiger partial charge in [-0.25, -0.2) is 4.39 Å². The van der Waals surface area contributed by atoms with Gasteiger partial charge in [-0.15, -0.1) is 24.0 Å². The highest BCUT2D eigenvalue weighted by atomic mass is 127. The largest absolute Gasteiger partial charge is 0.356 e. The number of nitrogens with zero attached hydrogens (tertiary/aromatic N) is 2. The molecule has 7 heteroatoms.